The fourth-order valence-electron chi connectivity index (χ4n) is 1.39. The zero-order valence-electron chi connectivity index (χ0n) is 9.74. The molecule has 0 aromatic heterocycles. The highest BCUT2D eigenvalue weighted by atomic mass is 79.9. The smallest absolute Gasteiger partial charge is 0.303 e. The summed E-state index contributed by atoms with van der Waals surface area (Å²) in [5.74, 6) is 0.0888. The van der Waals surface area contributed by atoms with E-state index in [1.807, 2.05) is 0 Å². The van der Waals surface area contributed by atoms with Crippen molar-refractivity contribution in [1.29, 1.82) is 0 Å². The van der Waals surface area contributed by atoms with Crippen LogP contribution in [0.4, 0.5) is 13.2 Å². The highest BCUT2D eigenvalue weighted by Crippen LogP contribution is 2.35. The number of halogens is 4. The third-order valence-corrected chi connectivity index (χ3v) is 4.01. The fourth-order valence-corrected chi connectivity index (χ4v) is 2.61. The third-order valence-electron chi connectivity index (χ3n) is 2.27. The van der Waals surface area contributed by atoms with Crippen molar-refractivity contribution in [2.75, 3.05) is 5.75 Å². The van der Waals surface area contributed by atoms with Crippen molar-refractivity contribution in [1.82, 2.24) is 5.32 Å². The van der Waals surface area contributed by atoms with Crippen LogP contribution in [0, 0.1) is 0 Å². The summed E-state index contributed by atoms with van der Waals surface area (Å²) < 4.78 is 38.0. The van der Waals surface area contributed by atoms with Gasteiger partial charge in [-0.2, -0.15) is 18.3 Å². The molecule has 1 N–H and O–H groups in total. The molecule has 0 unspecified atom stereocenters. The number of amides is 1. The molecule has 106 valence electrons. The number of nitrogens with zero attached hydrogens (tertiary/aromatic N) is 2. The lowest BCUT2D eigenvalue weighted by molar-refractivity contribution is -0.138. The largest absolute Gasteiger partial charge is 0.417 e. The number of hydrogen-bond donors (Lipinski definition) is 1. The number of nitrogens with one attached hydrogen (secondary N) is 1. The van der Waals surface area contributed by atoms with Gasteiger partial charge in [0.15, 0.2) is 5.17 Å². The zero-order valence-corrected chi connectivity index (χ0v) is 12.1. The molecule has 1 saturated heterocycles. The summed E-state index contributed by atoms with van der Waals surface area (Å²) >= 11 is 4.09. The average molecular weight is 366 g/mol. The lowest BCUT2D eigenvalue weighted by atomic mass is 10.1. The van der Waals surface area contributed by atoms with Crippen molar-refractivity contribution >= 4 is 45.0 Å². The van der Waals surface area contributed by atoms with Crippen LogP contribution in [0.5, 0.6) is 0 Å². The Hall–Kier alpha value is -1.35. The van der Waals surface area contributed by atoms with Crippen molar-refractivity contribution < 1.29 is 18.0 Å². The molecule has 2 rings (SSSR count). The quantitative estimate of drug-likeness (QED) is 0.646. The van der Waals surface area contributed by atoms with Gasteiger partial charge in [-0.1, -0.05) is 23.9 Å². The Balaban J connectivity index is 2.20. The minimum absolute atomic E-state index is 0.0976. The zero-order chi connectivity index (χ0) is 14.8. The van der Waals surface area contributed by atoms with Gasteiger partial charge in [0.1, 0.15) is 0 Å². The first-order chi connectivity index (χ1) is 9.38. The minimum Gasteiger partial charge on any atom is -0.303 e. The molecule has 20 heavy (non-hydrogen) atoms. The molecular formula is C11H7BrF3N3OS. The van der Waals surface area contributed by atoms with Crippen molar-refractivity contribution in [3.63, 3.8) is 0 Å². The summed E-state index contributed by atoms with van der Waals surface area (Å²) in [7, 11) is 0. The SMILES string of the molecule is O=C1CSC(=NN=Cc2cccc(C(F)(F)F)c2Br)N1. The van der Waals surface area contributed by atoms with Crippen molar-refractivity contribution in [2.45, 2.75) is 6.18 Å². The van der Waals surface area contributed by atoms with Crippen LogP contribution in [-0.2, 0) is 11.0 Å². The number of alkyl halides is 3. The predicted molar refractivity (Wildman–Crippen MR) is 74.8 cm³/mol. The normalized spacial score (nSPS) is 18.0. The lowest BCUT2D eigenvalue weighted by Crippen LogP contribution is -2.19. The van der Waals surface area contributed by atoms with Gasteiger partial charge in [-0.15, -0.1) is 5.10 Å². The lowest BCUT2D eigenvalue weighted by Gasteiger charge is -2.10. The second-order valence-electron chi connectivity index (χ2n) is 3.69. The number of carbonyl (C=O) groups excluding carboxylic acids is 1. The van der Waals surface area contributed by atoms with Gasteiger partial charge in [0.25, 0.3) is 0 Å². The van der Waals surface area contributed by atoms with Gasteiger partial charge < -0.3 is 5.32 Å². The van der Waals surface area contributed by atoms with E-state index in [1.54, 1.807) is 0 Å². The molecular weight excluding hydrogens is 359 g/mol. The second-order valence-corrected chi connectivity index (χ2v) is 5.45. The monoisotopic (exact) mass is 365 g/mol. The Morgan fingerprint density at radius 1 is 1.40 bits per heavy atom. The molecule has 1 heterocycles. The van der Waals surface area contributed by atoms with E-state index in [-0.39, 0.29) is 21.7 Å². The molecule has 1 aromatic carbocycles. The molecule has 1 fully saturated rings. The Morgan fingerprint density at radius 3 is 2.75 bits per heavy atom. The highest BCUT2D eigenvalue weighted by Gasteiger charge is 2.33. The van der Waals surface area contributed by atoms with Gasteiger partial charge in [-0.25, -0.2) is 0 Å². The van der Waals surface area contributed by atoms with Crippen LogP contribution in [0.15, 0.2) is 32.9 Å². The number of benzene rings is 1. The number of amidine groups is 1. The Kier molecular flexibility index (Phi) is 4.48. The van der Waals surface area contributed by atoms with Crippen molar-refractivity contribution in [3.05, 3.63) is 33.8 Å². The van der Waals surface area contributed by atoms with E-state index >= 15 is 0 Å². The highest BCUT2D eigenvalue weighted by molar-refractivity contribution is 9.10. The van der Waals surface area contributed by atoms with Crippen LogP contribution in [0.3, 0.4) is 0 Å². The molecule has 0 aliphatic carbocycles. The number of rotatable bonds is 2. The summed E-state index contributed by atoms with van der Waals surface area (Å²) in [5, 5.41) is 10.2. The predicted octanol–water partition coefficient (Wildman–Crippen LogP) is 3.02. The summed E-state index contributed by atoms with van der Waals surface area (Å²) in [6.07, 6.45) is -3.25. The van der Waals surface area contributed by atoms with Crippen LogP contribution < -0.4 is 5.32 Å². The van der Waals surface area contributed by atoms with Gasteiger partial charge in [0.2, 0.25) is 5.91 Å². The van der Waals surface area contributed by atoms with Crippen molar-refractivity contribution in [3.8, 4) is 0 Å². The first-order valence-electron chi connectivity index (χ1n) is 5.27. The van der Waals surface area contributed by atoms with Crippen LogP contribution in [-0.4, -0.2) is 23.0 Å². The van der Waals surface area contributed by atoms with E-state index in [1.165, 1.54) is 30.1 Å². The van der Waals surface area contributed by atoms with E-state index in [0.29, 0.717) is 5.17 Å². The van der Waals surface area contributed by atoms with E-state index < -0.39 is 11.7 Å². The summed E-state index contributed by atoms with van der Waals surface area (Å²) in [4.78, 5) is 10.9. The average Bonchev–Trinajstić information content (AvgIpc) is 2.76. The number of carbonyl (C=O) groups is 1. The first-order valence-corrected chi connectivity index (χ1v) is 7.05. The van der Waals surface area contributed by atoms with Crippen LogP contribution in [0.1, 0.15) is 11.1 Å². The Labute approximate surface area is 124 Å². The Morgan fingerprint density at radius 2 is 2.15 bits per heavy atom. The van der Waals surface area contributed by atoms with Gasteiger partial charge >= 0.3 is 6.18 Å². The van der Waals surface area contributed by atoms with E-state index in [4.69, 9.17) is 0 Å². The molecule has 0 radical (unpaired) electrons. The maximum absolute atomic E-state index is 12.7. The molecule has 0 atom stereocenters. The molecule has 1 aromatic rings. The van der Waals surface area contributed by atoms with Gasteiger partial charge in [0, 0.05) is 10.0 Å². The molecule has 9 heteroatoms. The topological polar surface area (TPSA) is 53.8 Å². The maximum atomic E-state index is 12.7. The molecule has 1 amide bonds. The molecule has 4 nitrogen and oxygen atoms in total. The minimum atomic E-state index is -4.44. The van der Waals surface area contributed by atoms with Crippen LogP contribution in [0.2, 0.25) is 0 Å². The number of hydrogen-bond acceptors (Lipinski definition) is 4. The molecule has 0 bridgehead atoms. The molecule has 0 spiro atoms. The standard InChI is InChI=1S/C11H7BrF3N3OS/c12-9-6(2-1-3-7(9)11(13,14)15)4-16-18-10-17-8(19)5-20-10/h1-4H,5H2,(H,17,18,19). The van der Waals surface area contributed by atoms with Crippen LogP contribution in [0.25, 0.3) is 0 Å². The summed E-state index contributed by atoms with van der Waals surface area (Å²) in [6, 6.07) is 3.73. The van der Waals surface area contributed by atoms with Gasteiger partial charge in [-0.05, 0) is 22.0 Å². The first kappa shape index (κ1) is 15.0. The van der Waals surface area contributed by atoms with Crippen molar-refractivity contribution in [2.24, 2.45) is 10.2 Å². The van der Waals surface area contributed by atoms with E-state index in [9.17, 15) is 18.0 Å². The molecule has 1 aliphatic rings. The number of thioether (sulfide) groups is 1. The van der Waals surface area contributed by atoms with E-state index in [0.717, 1.165) is 6.07 Å². The molecule has 1 aliphatic heterocycles. The summed E-state index contributed by atoms with van der Waals surface area (Å²) in [5.41, 5.74) is -0.531. The summed E-state index contributed by atoms with van der Waals surface area (Å²) in [6.45, 7) is 0. The second kappa shape index (κ2) is 5.96. The third kappa shape index (κ3) is 3.60. The van der Waals surface area contributed by atoms with Gasteiger partial charge in [-0.3, -0.25) is 4.79 Å². The Bertz CT molecular complexity index is 601. The molecule has 0 saturated carbocycles. The fraction of sp³-hybridized carbons (Fsp3) is 0.182. The van der Waals surface area contributed by atoms with Crippen LogP contribution >= 0.6 is 27.7 Å². The maximum Gasteiger partial charge on any atom is 0.417 e. The van der Waals surface area contributed by atoms with E-state index in [2.05, 4.69) is 31.4 Å². The van der Waals surface area contributed by atoms with Gasteiger partial charge in [0.05, 0.1) is 17.5 Å².